The van der Waals surface area contributed by atoms with Crippen LogP contribution < -0.4 is 10.8 Å². The Balaban J connectivity index is 1.59. The van der Waals surface area contributed by atoms with Crippen molar-refractivity contribution < 1.29 is 4.42 Å². The van der Waals surface area contributed by atoms with Gasteiger partial charge in [0, 0.05) is 27.7 Å². The summed E-state index contributed by atoms with van der Waals surface area (Å²) in [6.07, 6.45) is 3.77. The molecule has 0 saturated carbocycles. The van der Waals surface area contributed by atoms with Crippen LogP contribution in [0.15, 0.2) is 70.0 Å². The fourth-order valence-electron chi connectivity index (χ4n) is 3.66. The molecule has 0 spiro atoms. The highest BCUT2D eigenvalue weighted by molar-refractivity contribution is 7.71. The van der Waals surface area contributed by atoms with E-state index in [1.807, 2.05) is 43.3 Å². The summed E-state index contributed by atoms with van der Waals surface area (Å²) in [7, 11) is 0. The number of aromatic nitrogens is 3. The van der Waals surface area contributed by atoms with Crippen LogP contribution in [-0.4, -0.2) is 14.4 Å². The molecule has 0 atom stereocenters. The number of hydrogen-bond donors (Lipinski definition) is 1. The second-order valence-electron chi connectivity index (χ2n) is 7.71. The number of aryl methyl sites for hydroxylation is 1. The molecule has 0 bridgehead atoms. The number of nitrogens with zero attached hydrogens (tertiary/aromatic N) is 2. The monoisotopic (exact) mass is 493 g/mol. The molecule has 8 heteroatoms. The quantitative estimate of drug-likeness (QED) is 0.323. The first kappa shape index (κ1) is 21.6. The summed E-state index contributed by atoms with van der Waals surface area (Å²) in [6.45, 7) is 2.03. The molecule has 2 aromatic carbocycles. The van der Waals surface area contributed by atoms with Gasteiger partial charge in [0.2, 0.25) is 5.78 Å². The molecular formula is C25H17Cl2N3O2S. The molecule has 0 saturated heterocycles. The Morgan fingerprint density at radius 1 is 1.12 bits per heavy atom. The number of fused-ring (bicyclic) bond motifs is 1. The first-order valence-corrected chi connectivity index (χ1v) is 11.3. The van der Waals surface area contributed by atoms with Crippen LogP contribution in [0.3, 0.4) is 0 Å². The van der Waals surface area contributed by atoms with E-state index < -0.39 is 0 Å². The first-order chi connectivity index (χ1) is 15.9. The Kier molecular flexibility index (Phi) is 5.66. The van der Waals surface area contributed by atoms with Crippen LogP contribution in [0.4, 0.5) is 0 Å². The van der Waals surface area contributed by atoms with Gasteiger partial charge < -0.3 is 4.42 Å². The standard InChI is InChI=1S/C25H17Cl2N3O2S/c1-14-2-4-15(5-3-14)22-9-7-19(32-22)12-20-23(31)29-25-28-13-18(30(25)24(20)33)11-16-10-17(26)6-8-21(16)27/h2-10,12-13H,11H2,1H3,(H,28,29,31). The average Bonchev–Trinajstić information content (AvgIpc) is 3.41. The van der Waals surface area contributed by atoms with Crippen LogP contribution in [0.2, 0.25) is 10.0 Å². The summed E-state index contributed by atoms with van der Waals surface area (Å²) in [5.74, 6) is 1.61. The van der Waals surface area contributed by atoms with Gasteiger partial charge in [-0.05, 0) is 48.9 Å². The number of nitrogens with one attached hydrogen (secondary N) is 1. The van der Waals surface area contributed by atoms with Gasteiger partial charge in [0.1, 0.15) is 16.2 Å². The molecule has 0 fully saturated rings. The topological polar surface area (TPSA) is 63.3 Å². The van der Waals surface area contributed by atoms with E-state index >= 15 is 0 Å². The van der Waals surface area contributed by atoms with Crippen LogP contribution in [0.25, 0.3) is 23.2 Å². The minimum Gasteiger partial charge on any atom is -0.457 e. The normalized spacial score (nSPS) is 12.0. The third-order valence-electron chi connectivity index (χ3n) is 5.37. The Labute approximate surface area is 203 Å². The summed E-state index contributed by atoms with van der Waals surface area (Å²) in [5, 5.41) is 1.50. The lowest BCUT2D eigenvalue weighted by molar-refractivity contribution is 0.571. The van der Waals surface area contributed by atoms with Crippen molar-refractivity contribution in [2.45, 2.75) is 13.3 Å². The maximum atomic E-state index is 12.8. The fourth-order valence-corrected chi connectivity index (χ4v) is 4.39. The third-order valence-corrected chi connectivity index (χ3v) is 6.37. The second-order valence-corrected chi connectivity index (χ2v) is 8.94. The van der Waals surface area contributed by atoms with Crippen molar-refractivity contribution >= 4 is 47.3 Å². The molecule has 0 aliphatic rings. The van der Waals surface area contributed by atoms with E-state index in [1.54, 1.807) is 34.9 Å². The van der Waals surface area contributed by atoms with E-state index in [-0.39, 0.29) is 5.56 Å². The van der Waals surface area contributed by atoms with E-state index in [1.165, 1.54) is 5.56 Å². The van der Waals surface area contributed by atoms with Crippen molar-refractivity contribution in [3.8, 4) is 11.3 Å². The Bertz CT molecular complexity index is 1670. The molecule has 5 nitrogen and oxygen atoms in total. The highest BCUT2D eigenvalue weighted by atomic mass is 35.5. The SMILES string of the molecule is Cc1ccc(-c2ccc(C=c3c(=O)[nH]c4ncc(Cc5cc(Cl)ccc5Cl)n4c3=S)o2)cc1. The maximum Gasteiger partial charge on any atom is 0.261 e. The van der Waals surface area contributed by atoms with Crippen LogP contribution >= 0.6 is 35.4 Å². The zero-order valence-electron chi connectivity index (χ0n) is 17.4. The summed E-state index contributed by atoms with van der Waals surface area (Å²) in [5.41, 5.74) is 3.41. The highest BCUT2D eigenvalue weighted by Crippen LogP contribution is 2.24. The van der Waals surface area contributed by atoms with Gasteiger partial charge in [-0.3, -0.25) is 14.2 Å². The number of imidazole rings is 1. The second kappa shape index (κ2) is 8.63. The summed E-state index contributed by atoms with van der Waals surface area (Å²) >= 11 is 18.2. The van der Waals surface area contributed by atoms with Crippen molar-refractivity contribution in [3.63, 3.8) is 0 Å². The summed E-state index contributed by atoms with van der Waals surface area (Å²) in [6, 6.07) is 17.0. The van der Waals surface area contributed by atoms with Crippen molar-refractivity contribution in [2.75, 3.05) is 0 Å². The van der Waals surface area contributed by atoms with Gasteiger partial charge in [-0.2, -0.15) is 0 Å². The van der Waals surface area contributed by atoms with Gasteiger partial charge >= 0.3 is 0 Å². The van der Waals surface area contributed by atoms with E-state index in [0.717, 1.165) is 16.8 Å². The lowest BCUT2D eigenvalue weighted by Gasteiger charge is -2.05. The minimum absolute atomic E-state index is 0.318. The number of H-pyrrole nitrogens is 1. The molecule has 0 radical (unpaired) electrons. The molecular weight excluding hydrogens is 477 g/mol. The van der Waals surface area contributed by atoms with Crippen LogP contribution in [0.5, 0.6) is 0 Å². The number of rotatable bonds is 4. The van der Waals surface area contributed by atoms with E-state index in [2.05, 4.69) is 9.97 Å². The molecule has 0 aliphatic carbocycles. The predicted molar refractivity (Wildman–Crippen MR) is 134 cm³/mol. The fraction of sp³-hybridized carbons (Fsp3) is 0.0800. The van der Waals surface area contributed by atoms with Crippen LogP contribution in [-0.2, 0) is 6.42 Å². The Morgan fingerprint density at radius 2 is 1.91 bits per heavy atom. The van der Waals surface area contributed by atoms with Crippen LogP contribution in [0.1, 0.15) is 22.6 Å². The molecule has 33 heavy (non-hydrogen) atoms. The molecule has 0 amide bonds. The number of furan rings is 1. The van der Waals surface area contributed by atoms with E-state index in [4.69, 9.17) is 39.8 Å². The average molecular weight is 494 g/mol. The van der Waals surface area contributed by atoms with Crippen LogP contribution in [0, 0.1) is 11.6 Å². The zero-order chi connectivity index (χ0) is 23.1. The molecule has 0 aliphatic heterocycles. The van der Waals surface area contributed by atoms with E-state index in [9.17, 15) is 4.79 Å². The molecule has 0 unspecified atom stereocenters. The summed E-state index contributed by atoms with van der Waals surface area (Å²) in [4.78, 5) is 19.9. The van der Waals surface area contributed by atoms with Gasteiger partial charge in [-0.15, -0.1) is 0 Å². The lowest BCUT2D eigenvalue weighted by Crippen LogP contribution is -2.31. The smallest absolute Gasteiger partial charge is 0.261 e. The van der Waals surface area contributed by atoms with Crippen molar-refractivity contribution in [3.05, 3.63) is 114 Å². The largest absolute Gasteiger partial charge is 0.457 e. The maximum absolute atomic E-state index is 12.8. The first-order valence-electron chi connectivity index (χ1n) is 10.1. The van der Waals surface area contributed by atoms with Gasteiger partial charge in [-0.25, -0.2) is 4.98 Å². The molecule has 5 rings (SSSR count). The minimum atomic E-state index is -0.335. The lowest BCUT2D eigenvalue weighted by atomic mass is 10.1. The van der Waals surface area contributed by atoms with Gasteiger partial charge in [0.25, 0.3) is 5.56 Å². The predicted octanol–water partition coefficient (Wildman–Crippen LogP) is 5.77. The van der Waals surface area contributed by atoms with Crippen molar-refractivity contribution in [1.29, 1.82) is 0 Å². The molecule has 5 aromatic rings. The van der Waals surface area contributed by atoms with Gasteiger partial charge in [-0.1, -0.05) is 65.2 Å². The third kappa shape index (κ3) is 4.25. The Morgan fingerprint density at radius 3 is 2.70 bits per heavy atom. The number of aromatic amines is 1. The van der Waals surface area contributed by atoms with Gasteiger partial charge in [0.05, 0.1) is 11.4 Å². The zero-order valence-corrected chi connectivity index (χ0v) is 19.8. The van der Waals surface area contributed by atoms with Crippen molar-refractivity contribution in [1.82, 2.24) is 14.4 Å². The molecule has 3 aromatic heterocycles. The van der Waals surface area contributed by atoms with Crippen molar-refractivity contribution in [2.24, 2.45) is 0 Å². The number of halogens is 2. The molecule has 164 valence electrons. The van der Waals surface area contributed by atoms with E-state index in [0.29, 0.717) is 43.6 Å². The van der Waals surface area contributed by atoms with Gasteiger partial charge in [0.15, 0.2) is 0 Å². The molecule has 3 heterocycles. The number of benzene rings is 2. The molecule has 1 N–H and O–H groups in total. The summed E-state index contributed by atoms with van der Waals surface area (Å²) < 4.78 is 8.04. The number of hydrogen-bond acceptors (Lipinski definition) is 4. The highest BCUT2D eigenvalue weighted by Gasteiger charge is 2.12. The Hall–Kier alpha value is -3.19.